The van der Waals surface area contributed by atoms with Crippen LogP contribution in [0.2, 0.25) is 0 Å². The summed E-state index contributed by atoms with van der Waals surface area (Å²) in [7, 11) is 0. The van der Waals surface area contributed by atoms with E-state index < -0.39 is 0 Å². The lowest BCUT2D eigenvalue weighted by molar-refractivity contribution is 1.05. The van der Waals surface area contributed by atoms with Gasteiger partial charge in [0.2, 0.25) is 5.13 Å². The van der Waals surface area contributed by atoms with E-state index in [4.69, 9.17) is 17.3 Å². The molecular weight excluding hydrogens is 190 g/mol. The number of hydrogen-bond acceptors (Lipinski definition) is 5. The molecule has 3 nitrogen and oxygen atoms in total. The van der Waals surface area contributed by atoms with Gasteiger partial charge in [-0.1, -0.05) is 11.3 Å². The van der Waals surface area contributed by atoms with Gasteiger partial charge in [-0.2, -0.15) is 0 Å². The van der Waals surface area contributed by atoms with Gasteiger partial charge in [0.1, 0.15) is 5.01 Å². The van der Waals surface area contributed by atoms with E-state index in [1.807, 2.05) is 0 Å². The molecule has 1 aromatic heterocycles. The van der Waals surface area contributed by atoms with Crippen molar-refractivity contribution in [1.29, 1.82) is 0 Å². The average Bonchev–Trinajstić information content (AvgIpc) is 2.31. The third-order valence-electron chi connectivity index (χ3n) is 0.785. The number of aromatic nitrogens is 2. The van der Waals surface area contributed by atoms with Crippen LogP contribution >= 0.6 is 34.7 Å². The highest BCUT2D eigenvalue weighted by molar-refractivity contribution is 7.99. The van der Waals surface area contributed by atoms with Crippen LogP contribution in [0.5, 0.6) is 0 Å². The summed E-state index contributed by atoms with van der Waals surface area (Å²) in [5, 5.41) is 9.51. The van der Waals surface area contributed by atoms with Gasteiger partial charge in [0.25, 0.3) is 0 Å². The number of rotatable bonds is 3. The number of nitrogens with zero attached hydrogens (tertiary/aromatic N) is 2. The maximum Gasteiger partial charge on any atom is 0.203 e. The molecule has 6 heteroatoms. The molecule has 0 saturated heterocycles. The molecule has 0 fully saturated rings. The van der Waals surface area contributed by atoms with Crippen LogP contribution in [0.4, 0.5) is 5.13 Å². The molecule has 10 heavy (non-hydrogen) atoms. The monoisotopic (exact) mass is 195 g/mol. The summed E-state index contributed by atoms with van der Waals surface area (Å²) >= 11 is 8.44. The van der Waals surface area contributed by atoms with Crippen LogP contribution in [0.1, 0.15) is 5.01 Å². The second-order valence-corrected chi connectivity index (χ2v) is 4.16. The fourth-order valence-electron chi connectivity index (χ4n) is 0.451. The summed E-state index contributed by atoms with van der Waals surface area (Å²) < 4.78 is 0. The molecule has 0 aliphatic heterocycles. The van der Waals surface area contributed by atoms with E-state index >= 15 is 0 Å². The van der Waals surface area contributed by atoms with E-state index in [1.54, 1.807) is 11.8 Å². The highest BCUT2D eigenvalue weighted by Gasteiger charge is 1.98. The first-order chi connectivity index (χ1) is 4.83. The van der Waals surface area contributed by atoms with Crippen molar-refractivity contribution < 1.29 is 0 Å². The summed E-state index contributed by atoms with van der Waals surface area (Å²) in [6.07, 6.45) is 0. The third-order valence-corrected chi connectivity index (χ3v) is 2.82. The number of nitrogen functional groups attached to an aromatic ring is 1. The number of alkyl halides is 1. The summed E-state index contributed by atoms with van der Waals surface area (Å²) in [4.78, 5) is 0. The Kier molecular flexibility index (Phi) is 3.24. The Bertz CT molecular complexity index is 202. The molecular formula is C4H6ClN3S2. The Morgan fingerprint density at radius 3 is 2.90 bits per heavy atom. The van der Waals surface area contributed by atoms with Gasteiger partial charge >= 0.3 is 0 Å². The number of hydrogen-bond donors (Lipinski definition) is 1. The molecule has 1 rings (SSSR count). The first kappa shape index (κ1) is 8.10. The van der Waals surface area contributed by atoms with E-state index in [2.05, 4.69) is 10.2 Å². The number of thioether (sulfide) groups is 1. The highest BCUT2D eigenvalue weighted by Crippen LogP contribution is 2.17. The molecule has 2 N–H and O–H groups in total. The van der Waals surface area contributed by atoms with Crippen molar-refractivity contribution in [3.05, 3.63) is 5.01 Å². The Labute approximate surface area is 72.0 Å². The lowest BCUT2D eigenvalue weighted by Crippen LogP contribution is -1.80. The van der Waals surface area contributed by atoms with Gasteiger partial charge in [0.05, 0.1) is 5.21 Å². The second-order valence-electron chi connectivity index (χ2n) is 1.49. The molecule has 0 saturated carbocycles. The quantitative estimate of drug-likeness (QED) is 0.744. The lowest BCUT2D eigenvalue weighted by atomic mass is 10.9. The average molecular weight is 196 g/mol. The minimum atomic E-state index is 0.519. The Morgan fingerprint density at radius 2 is 2.40 bits per heavy atom. The zero-order valence-electron chi connectivity index (χ0n) is 5.08. The molecule has 0 aromatic carbocycles. The first-order valence-corrected chi connectivity index (χ1v) is 5.05. The van der Waals surface area contributed by atoms with Crippen molar-refractivity contribution in [2.45, 2.75) is 5.75 Å². The smallest absolute Gasteiger partial charge is 0.203 e. The molecule has 0 aliphatic rings. The molecule has 0 unspecified atom stereocenters. The third kappa shape index (κ3) is 2.32. The van der Waals surface area contributed by atoms with Gasteiger partial charge in [-0.3, -0.25) is 0 Å². The molecule has 56 valence electrons. The van der Waals surface area contributed by atoms with E-state index in [9.17, 15) is 0 Å². The summed E-state index contributed by atoms with van der Waals surface area (Å²) in [6, 6.07) is 0. The molecule has 0 spiro atoms. The topological polar surface area (TPSA) is 51.8 Å². The number of nitrogens with two attached hydrogens (primary N) is 1. The normalized spacial score (nSPS) is 10.1. The summed E-state index contributed by atoms with van der Waals surface area (Å²) in [5.41, 5.74) is 5.35. The van der Waals surface area contributed by atoms with Crippen LogP contribution in [0, 0.1) is 0 Å². The van der Waals surface area contributed by atoms with Crippen molar-refractivity contribution >= 4 is 39.8 Å². The number of anilines is 1. The van der Waals surface area contributed by atoms with Crippen molar-refractivity contribution in [3.8, 4) is 0 Å². The zero-order valence-corrected chi connectivity index (χ0v) is 7.47. The summed E-state index contributed by atoms with van der Waals surface area (Å²) in [5.74, 6) is 0.804. The number of halogens is 1. The van der Waals surface area contributed by atoms with E-state index in [0.29, 0.717) is 10.3 Å². The standard InChI is InChI=1S/C4H6ClN3S2/c5-2-9-1-3-7-8-4(6)10-3/h1-2H2,(H2,6,8). The van der Waals surface area contributed by atoms with Gasteiger partial charge in [-0.05, 0) is 0 Å². The van der Waals surface area contributed by atoms with E-state index in [1.165, 1.54) is 11.3 Å². The molecule has 0 radical (unpaired) electrons. The molecule has 1 heterocycles. The van der Waals surface area contributed by atoms with E-state index in [0.717, 1.165) is 10.8 Å². The first-order valence-electron chi connectivity index (χ1n) is 2.54. The molecule has 0 bridgehead atoms. The van der Waals surface area contributed by atoms with Gasteiger partial charge < -0.3 is 5.73 Å². The van der Waals surface area contributed by atoms with Gasteiger partial charge in [0.15, 0.2) is 0 Å². The minimum absolute atomic E-state index is 0.519. The fraction of sp³-hybridized carbons (Fsp3) is 0.500. The SMILES string of the molecule is Nc1nnc(CSCCl)s1. The largest absolute Gasteiger partial charge is 0.374 e. The van der Waals surface area contributed by atoms with Crippen LogP contribution in [0.25, 0.3) is 0 Å². The maximum absolute atomic E-state index is 5.45. The molecule has 0 atom stereocenters. The predicted octanol–water partition coefficient (Wildman–Crippen LogP) is 1.55. The zero-order chi connectivity index (χ0) is 7.40. The van der Waals surface area contributed by atoms with Gasteiger partial charge in [-0.15, -0.1) is 33.6 Å². The van der Waals surface area contributed by atoms with Crippen molar-refractivity contribution in [3.63, 3.8) is 0 Å². The van der Waals surface area contributed by atoms with Crippen molar-refractivity contribution in [2.24, 2.45) is 0 Å². The Morgan fingerprint density at radius 1 is 1.60 bits per heavy atom. The van der Waals surface area contributed by atoms with Crippen molar-refractivity contribution in [1.82, 2.24) is 10.2 Å². The Balaban J connectivity index is 2.42. The molecule has 0 aliphatic carbocycles. The predicted molar refractivity (Wildman–Crippen MR) is 46.3 cm³/mol. The van der Waals surface area contributed by atoms with Crippen molar-refractivity contribution in [2.75, 3.05) is 10.9 Å². The van der Waals surface area contributed by atoms with Crippen LogP contribution in [-0.2, 0) is 5.75 Å². The molecule has 0 amide bonds. The summed E-state index contributed by atoms with van der Waals surface area (Å²) in [6.45, 7) is 0. The van der Waals surface area contributed by atoms with Gasteiger partial charge in [0, 0.05) is 5.75 Å². The Hall–Kier alpha value is -0.0000000000000000278. The second kappa shape index (κ2) is 4.00. The minimum Gasteiger partial charge on any atom is -0.374 e. The maximum atomic E-state index is 5.45. The van der Waals surface area contributed by atoms with Crippen LogP contribution < -0.4 is 5.73 Å². The van der Waals surface area contributed by atoms with Crippen LogP contribution in [0.3, 0.4) is 0 Å². The molecule has 1 aromatic rings. The fourth-order valence-corrected chi connectivity index (χ4v) is 1.88. The van der Waals surface area contributed by atoms with Crippen LogP contribution in [0.15, 0.2) is 0 Å². The van der Waals surface area contributed by atoms with Crippen LogP contribution in [-0.4, -0.2) is 15.4 Å². The van der Waals surface area contributed by atoms with E-state index in [-0.39, 0.29) is 0 Å². The highest BCUT2D eigenvalue weighted by atomic mass is 35.5. The van der Waals surface area contributed by atoms with Gasteiger partial charge in [-0.25, -0.2) is 0 Å². The lowest BCUT2D eigenvalue weighted by Gasteiger charge is -1.87.